The molecule has 0 bridgehead atoms. The third-order valence-electron chi connectivity index (χ3n) is 2.52. The average Bonchev–Trinajstić information content (AvgIpc) is 2.85. The van der Waals surface area contributed by atoms with Crippen LogP contribution in [-0.2, 0) is 13.0 Å². The van der Waals surface area contributed by atoms with Gasteiger partial charge in [0.25, 0.3) is 0 Å². The van der Waals surface area contributed by atoms with Gasteiger partial charge in [-0.1, -0.05) is 0 Å². The summed E-state index contributed by atoms with van der Waals surface area (Å²) in [7, 11) is 0. The summed E-state index contributed by atoms with van der Waals surface area (Å²) in [6.07, 6.45) is 0.432. The molecule has 0 radical (unpaired) electrons. The largest absolute Gasteiger partial charge is 0.294 e. The second-order valence-corrected chi connectivity index (χ2v) is 6.64. The van der Waals surface area contributed by atoms with Gasteiger partial charge in [-0.3, -0.25) is 9.48 Å². The molecule has 2 rings (SSSR count). The molecule has 0 fully saturated rings. The third-order valence-corrected chi connectivity index (χ3v) is 4.31. The summed E-state index contributed by atoms with van der Waals surface area (Å²) >= 11 is 3.83. The first-order valence-electron chi connectivity index (χ1n) is 5.40. The molecule has 0 unspecified atom stereocenters. The van der Waals surface area contributed by atoms with E-state index in [-0.39, 0.29) is 5.78 Å². The van der Waals surface area contributed by atoms with E-state index in [0.29, 0.717) is 6.42 Å². The van der Waals surface area contributed by atoms with Gasteiger partial charge in [0.2, 0.25) is 0 Å². The van der Waals surface area contributed by atoms with Gasteiger partial charge in [-0.15, -0.1) is 11.3 Å². The van der Waals surface area contributed by atoms with Crippen molar-refractivity contribution < 1.29 is 4.79 Å². The molecule has 90 valence electrons. The highest BCUT2D eigenvalue weighted by Crippen LogP contribution is 2.18. The number of aromatic nitrogens is 2. The first kappa shape index (κ1) is 12.8. The number of rotatable bonds is 4. The molecule has 2 heterocycles. The van der Waals surface area contributed by atoms with Gasteiger partial charge < -0.3 is 0 Å². The molecule has 0 saturated heterocycles. The Hall–Kier alpha value is -0.690. The maximum Gasteiger partial charge on any atom is 0.169 e. The summed E-state index contributed by atoms with van der Waals surface area (Å²) in [6, 6.07) is 3.92. The smallest absolute Gasteiger partial charge is 0.169 e. The fourth-order valence-corrected chi connectivity index (χ4v) is 3.09. The van der Waals surface area contributed by atoms with Crippen molar-refractivity contribution in [2.45, 2.75) is 26.8 Å². The first-order valence-corrected chi connectivity index (χ1v) is 7.36. The molecule has 0 amide bonds. The second-order valence-electron chi connectivity index (χ2n) is 3.83. The van der Waals surface area contributed by atoms with Gasteiger partial charge in [0.1, 0.15) is 0 Å². The average molecular weight is 360 g/mol. The van der Waals surface area contributed by atoms with Crippen LogP contribution >= 0.6 is 33.9 Å². The van der Waals surface area contributed by atoms with Crippen molar-refractivity contribution in [2.24, 2.45) is 0 Å². The summed E-state index contributed by atoms with van der Waals surface area (Å²) in [5, 5.41) is 6.27. The van der Waals surface area contributed by atoms with Gasteiger partial charge >= 0.3 is 0 Å². The zero-order valence-corrected chi connectivity index (χ0v) is 12.7. The van der Waals surface area contributed by atoms with Crippen molar-refractivity contribution in [3.63, 3.8) is 0 Å². The molecule has 2 aromatic rings. The lowest BCUT2D eigenvalue weighted by atomic mass is 10.1. The van der Waals surface area contributed by atoms with Crippen molar-refractivity contribution in [1.82, 2.24) is 9.78 Å². The zero-order valence-electron chi connectivity index (χ0n) is 9.74. The number of hydrogen-bond donors (Lipinski definition) is 0. The molecule has 17 heavy (non-hydrogen) atoms. The van der Waals surface area contributed by atoms with E-state index in [2.05, 4.69) is 27.7 Å². The van der Waals surface area contributed by atoms with Crippen LogP contribution in [0.5, 0.6) is 0 Å². The Morgan fingerprint density at radius 2 is 2.29 bits per heavy atom. The van der Waals surface area contributed by atoms with E-state index in [9.17, 15) is 4.79 Å². The van der Waals surface area contributed by atoms with Crippen LogP contribution < -0.4 is 0 Å². The second kappa shape index (κ2) is 5.30. The fourth-order valence-electron chi connectivity index (χ4n) is 1.74. The van der Waals surface area contributed by atoms with Crippen LogP contribution in [0.25, 0.3) is 0 Å². The van der Waals surface area contributed by atoms with E-state index in [4.69, 9.17) is 0 Å². The Labute approximate surface area is 118 Å². The van der Waals surface area contributed by atoms with Crippen LogP contribution in [-0.4, -0.2) is 15.6 Å². The molecule has 0 aliphatic heterocycles. The molecule has 0 spiro atoms. The Morgan fingerprint density at radius 3 is 2.88 bits per heavy atom. The molecule has 0 N–H and O–H groups in total. The lowest BCUT2D eigenvalue weighted by Gasteiger charge is -2.02. The molecule has 0 aliphatic carbocycles. The van der Waals surface area contributed by atoms with Gasteiger partial charge in [0, 0.05) is 23.2 Å². The van der Waals surface area contributed by atoms with Crippen LogP contribution in [0.15, 0.2) is 17.5 Å². The van der Waals surface area contributed by atoms with Gasteiger partial charge in [0.05, 0.1) is 15.0 Å². The Morgan fingerprint density at radius 1 is 1.53 bits per heavy atom. The van der Waals surface area contributed by atoms with Crippen molar-refractivity contribution in [3.8, 4) is 0 Å². The summed E-state index contributed by atoms with van der Waals surface area (Å²) in [6.45, 7) is 4.79. The highest BCUT2D eigenvalue weighted by molar-refractivity contribution is 14.1. The molecular weight excluding hydrogens is 347 g/mol. The number of nitrogens with zero attached hydrogens (tertiary/aromatic N) is 2. The summed E-state index contributed by atoms with van der Waals surface area (Å²) in [5.41, 5.74) is 2.77. The fraction of sp³-hybridized carbons (Fsp3) is 0.333. The van der Waals surface area contributed by atoms with Crippen LogP contribution in [0.2, 0.25) is 0 Å². The van der Waals surface area contributed by atoms with Crippen molar-refractivity contribution >= 4 is 39.7 Å². The molecule has 5 heteroatoms. The van der Waals surface area contributed by atoms with Crippen LogP contribution in [0.4, 0.5) is 0 Å². The quantitative estimate of drug-likeness (QED) is 0.620. The monoisotopic (exact) mass is 360 g/mol. The minimum Gasteiger partial charge on any atom is -0.294 e. The molecule has 2 aromatic heterocycles. The van der Waals surface area contributed by atoms with E-state index in [1.54, 1.807) is 11.3 Å². The number of ketones is 1. The minimum atomic E-state index is 0.166. The first-order chi connectivity index (χ1) is 8.10. The molecular formula is C12H13IN2OS. The number of halogens is 1. The van der Waals surface area contributed by atoms with Crippen LogP contribution in [0.3, 0.4) is 0 Å². The molecule has 0 saturated carbocycles. The number of carbonyl (C=O) groups excluding carboxylic acids is 1. The number of carbonyl (C=O) groups is 1. The summed E-state index contributed by atoms with van der Waals surface area (Å²) in [4.78, 5) is 12.1. The maximum absolute atomic E-state index is 12.1. The van der Waals surface area contributed by atoms with Gasteiger partial charge in [-0.2, -0.15) is 5.10 Å². The number of aryl methyl sites for hydroxylation is 2. The van der Waals surface area contributed by atoms with Gasteiger partial charge in [0.15, 0.2) is 5.78 Å². The summed E-state index contributed by atoms with van der Waals surface area (Å²) in [5.74, 6) is 0.166. The number of thiophene rings is 1. The number of Topliss-reactive ketones (excluding diaryl/α,β-unsaturated/α-hetero) is 1. The molecule has 0 aromatic carbocycles. The van der Waals surface area contributed by atoms with E-state index >= 15 is 0 Å². The van der Waals surface area contributed by atoms with Crippen LogP contribution in [0, 0.1) is 9.81 Å². The highest BCUT2D eigenvalue weighted by atomic mass is 127. The Bertz CT molecular complexity index is 544. The lowest BCUT2D eigenvalue weighted by molar-refractivity contribution is 0.0991. The standard InChI is InChI=1S/C12H13IN2OS/c1-3-15-10(4-8(2)14-15)6-11(16)9-5-12(13)17-7-9/h4-5,7H,3,6H2,1-2H3. The number of hydrogen-bond acceptors (Lipinski definition) is 3. The predicted molar refractivity (Wildman–Crippen MR) is 77.7 cm³/mol. The topological polar surface area (TPSA) is 34.9 Å². The maximum atomic E-state index is 12.1. The zero-order chi connectivity index (χ0) is 12.4. The van der Waals surface area contributed by atoms with Crippen molar-refractivity contribution in [2.75, 3.05) is 0 Å². The normalized spacial score (nSPS) is 10.8. The SMILES string of the molecule is CCn1nc(C)cc1CC(=O)c1csc(I)c1. The predicted octanol–water partition coefficient (Wildman–Crippen LogP) is 3.30. The van der Waals surface area contributed by atoms with Crippen LogP contribution in [0.1, 0.15) is 28.7 Å². The van der Waals surface area contributed by atoms with Crippen molar-refractivity contribution in [1.29, 1.82) is 0 Å². The van der Waals surface area contributed by atoms with Crippen molar-refractivity contribution in [3.05, 3.63) is 37.3 Å². The Kier molecular flexibility index (Phi) is 3.98. The summed E-state index contributed by atoms with van der Waals surface area (Å²) < 4.78 is 3.04. The Balaban J connectivity index is 2.18. The third kappa shape index (κ3) is 2.95. The molecule has 3 nitrogen and oxygen atoms in total. The highest BCUT2D eigenvalue weighted by Gasteiger charge is 2.12. The molecule has 0 aliphatic rings. The van der Waals surface area contributed by atoms with E-state index < -0.39 is 0 Å². The van der Waals surface area contributed by atoms with Gasteiger partial charge in [-0.05, 0) is 48.6 Å². The van der Waals surface area contributed by atoms with E-state index in [0.717, 1.165) is 26.4 Å². The minimum absolute atomic E-state index is 0.166. The molecule has 0 atom stereocenters. The lowest BCUT2D eigenvalue weighted by Crippen LogP contribution is -2.09. The van der Waals surface area contributed by atoms with E-state index in [1.807, 2.05) is 36.0 Å². The van der Waals surface area contributed by atoms with E-state index in [1.165, 1.54) is 0 Å². The van der Waals surface area contributed by atoms with Gasteiger partial charge in [-0.25, -0.2) is 0 Å².